The third kappa shape index (κ3) is 2.92. The highest BCUT2D eigenvalue weighted by molar-refractivity contribution is 6.21. The van der Waals surface area contributed by atoms with Crippen LogP contribution >= 0.6 is 11.6 Å². The summed E-state index contributed by atoms with van der Waals surface area (Å²) in [4.78, 5) is 2.17. The van der Waals surface area contributed by atoms with Gasteiger partial charge in [-0.3, -0.25) is 0 Å². The van der Waals surface area contributed by atoms with E-state index in [1.165, 1.54) is 5.56 Å². The van der Waals surface area contributed by atoms with Gasteiger partial charge in [0.05, 0.1) is 11.4 Å². The summed E-state index contributed by atoms with van der Waals surface area (Å²) in [6, 6.07) is 20.8. The summed E-state index contributed by atoms with van der Waals surface area (Å²) in [6.07, 6.45) is 0. The van der Waals surface area contributed by atoms with Gasteiger partial charge in [0.2, 0.25) is 0 Å². The van der Waals surface area contributed by atoms with Crippen molar-refractivity contribution >= 4 is 11.6 Å². The average molecular weight is 260 g/mol. The van der Waals surface area contributed by atoms with Gasteiger partial charge in [0, 0.05) is 0 Å². The molecular formula is C16H18ClN. The molecule has 0 unspecified atom stereocenters. The minimum absolute atomic E-state index is 0.0522. The number of hydrogen-bond acceptors (Lipinski definition) is 1. The van der Waals surface area contributed by atoms with E-state index in [4.69, 9.17) is 11.6 Å². The predicted octanol–water partition coefficient (Wildman–Crippen LogP) is 4.27. The SMILES string of the molecule is CN(C)[C@@H](c1ccccc1)[C@@H](Cl)c1ccccc1. The monoisotopic (exact) mass is 259 g/mol. The molecule has 2 aromatic carbocycles. The Bertz CT molecular complexity index is 467. The van der Waals surface area contributed by atoms with Crippen LogP contribution in [-0.4, -0.2) is 19.0 Å². The van der Waals surface area contributed by atoms with Crippen molar-refractivity contribution < 1.29 is 0 Å². The van der Waals surface area contributed by atoms with Crippen LogP contribution in [-0.2, 0) is 0 Å². The van der Waals surface area contributed by atoms with Gasteiger partial charge in [0.25, 0.3) is 0 Å². The summed E-state index contributed by atoms with van der Waals surface area (Å²) in [5.74, 6) is 0. The van der Waals surface area contributed by atoms with Crippen molar-refractivity contribution in [3.63, 3.8) is 0 Å². The van der Waals surface area contributed by atoms with Crippen molar-refractivity contribution in [2.75, 3.05) is 14.1 Å². The van der Waals surface area contributed by atoms with Crippen LogP contribution in [0.5, 0.6) is 0 Å². The fraction of sp³-hybridized carbons (Fsp3) is 0.250. The highest BCUT2D eigenvalue weighted by atomic mass is 35.5. The first-order valence-electron chi connectivity index (χ1n) is 6.10. The zero-order valence-corrected chi connectivity index (χ0v) is 11.5. The molecule has 0 aromatic heterocycles. The molecule has 94 valence electrons. The van der Waals surface area contributed by atoms with Crippen LogP contribution in [0.4, 0.5) is 0 Å². The first kappa shape index (κ1) is 13.1. The summed E-state index contributed by atoms with van der Waals surface area (Å²) in [6.45, 7) is 0. The predicted molar refractivity (Wildman–Crippen MR) is 77.9 cm³/mol. The van der Waals surface area contributed by atoms with Crippen LogP contribution in [0.15, 0.2) is 60.7 Å². The summed E-state index contributed by atoms with van der Waals surface area (Å²) < 4.78 is 0. The van der Waals surface area contributed by atoms with Gasteiger partial charge < -0.3 is 4.90 Å². The molecule has 0 aliphatic heterocycles. The summed E-state index contributed by atoms with van der Waals surface area (Å²) in [5, 5.41) is -0.0522. The molecule has 18 heavy (non-hydrogen) atoms. The average Bonchev–Trinajstić information content (AvgIpc) is 2.40. The van der Waals surface area contributed by atoms with E-state index < -0.39 is 0 Å². The largest absolute Gasteiger partial charge is 0.301 e. The van der Waals surface area contributed by atoms with E-state index >= 15 is 0 Å². The van der Waals surface area contributed by atoms with E-state index in [9.17, 15) is 0 Å². The molecule has 0 radical (unpaired) electrons. The second kappa shape index (κ2) is 6.03. The quantitative estimate of drug-likeness (QED) is 0.742. The minimum atomic E-state index is -0.0522. The summed E-state index contributed by atoms with van der Waals surface area (Å²) in [5.41, 5.74) is 2.40. The molecule has 0 aliphatic carbocycles. The first-order valence-corrected chi connectivity index (χ1v) is 6.54. The number of rotatable bonds is 4. The normalized spacial score (nSPS) is 14.4. The zero-order valence-electron chi connectivity index (χ0n) is 10.8. The third-order valence-electron chi connectivity index (χ3n) is 3.09. The molecule has 2 atom stereocenters. The van der Waals surface area contributed by atoms with Gasteiger partial charge in [-0.15, -0.1) is 11.6 Å². The fourth-order valence-corrected chi connectivity index (χ4v) is 2.71. The molecular weight excluding hydrogens is 242 g/mol. The van der Waals surface area contributed by atoms with Crippen molar-refractivity contribution in [2.45, 2.75) is 11.4 Å². The van der Waals surface area contributed by atoms with Crippen molar-refractivity contribution in [3.05, 3.63) is 71.8 Å². The molecule has 2 aromatic rings. The standard InChI is InChI=1S/C16H18ClN/c1-18(2)16(14-11-7-4-8-12-14)15(17)13-9-5-3-6-10-13/h3-12,15-16H,1-2H3/t15-,16-/m0/s1. The second-order valence-electron chi connectivity index (χ2n) is 4.63. The van der Waals surface area contributed by atoms with Crippen molar-refractivity contribution in [1.29, 1.82) is 0 Å². The van der Waals surface area contributed by atoms with Crippen LogP contribution in [0, 0.1) is 0 Å². The molecule has 0 saturated carbocycles. The van der Waals surface area contributed by atoms with E-state index in [2.05, 4.69) is 55.4 Å². The Morgan fingerprint density at radius 1 is 0.778 bits per heavy atom. The Morgan fingerprint density at radius 3 is 1.67 bits per heavy atom. The van der Waals surface area contributed by atoms with E-state index in [0.717, 1.165) is 5.56 Å². The number of alkyl halides is 1. The fourth-order valence-electron chi connectivity index (χ4n) is 2.20. The Kier molecular flexibility index (Phi) is 4.40. The maximum Gasteiger partial charge on any atom is 0.0782 e. The molecule has 0 spiro atoms. The third-order valence-corrected chi connectivity index (χ3v) is 3.58. The van der Waals surface area contributed by atoms with Gasteiger partial charge in [-0.2, -0.15) is 0 Å². The van der Waals surface area contributed by atoms with Gasteiger partial charge in [0.15, 0.2) is 0 Å². The smallest absolute Gasteiger partial charge is 0.0782 e. The molecule has 0 bridgehead atoms. The molecule has 0 N–H and O–H groups in total. The van der Waals surface area contributed by atoms with Crippen molar-refractivity contribution in [2.24, 2.45) is 0 Å². The van der Waals surface area contributed by atoms with Crippen molar-refractivity contribution in [3.8, 4) is 0 Å². The number of halogens is 1. The van der Waals surface area contributed by atoms with Crippen LogP contribution < -0.4 is 0 Å². The van der Waals surface area contributed by atoms with Crippen LogP contribution in [0.3, 0.4) is 0 Å². The highest BCUT2D eigenvalue weighted by Gasteiger charge is 2.24. The topological polar surface area (TPSA) is 3.24 Å². The molecule has 0 aliphatic rings. The highest BCUT2D eigenvalue weighted by Crippen LogP contribution is 2.37. The number of hydrogen-bond donors (Lipinski definition) is 0. The number of nitrogens with zero attached hydrogens (tertiary/aromatic N) is 1. The molecule has 0 fully saturated rings. The van der Waals surface area contributed by atoms with Gasteiger partial charge in [-0.25, -0.2) is 0 Å². The molecule has 0 saturated heterocycles. The molecule has 0 heterocycles. The second-order valence-corrected chi connectivity index (χ2v) is 5.10. The number of benzene rings is 2. The van der Waals surface area contributed by atoms with Crippen LogP contribution in [0.1, 0.15) is 22.5 Å². The van der Waals surface area contributed by atoms with E-state index in [0.29, 0.717) is 0 Å². The Labute approximate surface area is 114 Å². The Balaban J connectivity index is 2.32. The van der Waals surface area contributed by atoms with Gasteiger partial charge in [-0.05, 0) is 25.2 Å². The van der Waals surface area contributed by atoms with Crippen LogP contribution in [0.25, 0.3) is 0 Å². The molecule has 2 heteroatoms. The lowest BCUT2D eigenvalue weighted by Crippen LogP contribution is -2.23. The summed E-state index contributed by atoms with van der Waals surface area (Å²) >= 11 is 6.66. The van der Waals surface area contributed by atoms with Crippen LogP contribution in [0.2, 0.25) is 0 Å². The maximum atomic E-state index is 6.66. The van der Waals surface area contributed by atoms with E-state index in [-0.39, 0.29) is 11.4 Å². The van der Waals surface area contributed by atoms with E-state index in [1.54, 1.807) is 0 Å². The Hall–Kier alpha value is -1.31. The minimum Gasteiger partial charge on any atom is -0.301 e. The lowest BCUT2D eigenvalue weighted by atomic mass is 9.97. The van der Waals surface area contributed by atoms with Crippen molar-refractivity contribution in [1.82, 2.24) is 4.90 Å². The van der Waals surface area contributed by atoms with E-state index in [1.807, 2.05) is 24.3 Å². The van der Waals surface area contributed by atoms with Gasteiger partial charge in [0.1, 0.15) is 0 Å². The Morgan fingerprint density at radius 2 is 1.22 bits per heavy atom. The molecule has 2 rings (SSSR count). The lowest BCUT2D eigenvalue weighted by Gasteiger charge is -2.29. The maximum absolute atomic E-state index is 6.66. The first-order chi connectivity index (χ1) is 8.70. The lowest BCUT2D eigenvalue weighted by molar-refractivity contribution is 0.291. The number of likely N-dealkylation sites (N-methyl/N-ethyl adjacent to an activating group) is 1. The zero-order chi connectivity index (χ0) is 13.0. The van der Waals surface area contributed by atoms with Gasteiger partial charge >= 0.3 is 0 Å². The molecule has 1 nitrogen and oxygen atoms in total. The molecule has 0 amide bonds. The van der Waals surface area contributed by atoms with Gasteiger partial charge in [-0.1, -0.05) is 60.7 Å². The summed E-state index contributed by atoms with van der Waals surface area (Å²) in [7, 11) is 4.13.